The van der Waals surface area contributed by atoms with Gasteiger partial charge in [-0.05, 0) is 6.07 Å². The van der Waals surface area contributed by atoms with Crippen molar-refractivity contribution in [2.75, 3.05) is 17.3 Å². The lowest BCUT2D eigenvalue weighted by Gasteiger charge is -2.01. The third-order valence-corrected chi connectivity index (χ3v) is 2.46. The molecule has 0 radical (unpaired) electrons. The number of aromatic nitrogens is 2. The van der Waals surface area contributed by atoms with Gasteiger partial charge in [0.05, 0.1) is 5.75 Å². The SMILES string of the molecule is CS(=O)(=O)CCC(=O)Nc1ncccn1. The highest BCUT2D eigenvalue weighted by molar-refractivity contribution is 7.90. The molecule has 0 fully saturated rings. The normalized spacial score (nSPS) is 11.0. The molecule has 0 aromatic carbocycles. The van der Waals surface area contributed by atoms with Gasteiger partial charge in [0.2, 0.25) is 11.9 Å². The van der Waals surface area contributed by atoms with Crippen LogP contribution in [0.2, 0.25) is 0 Å². The van der Waals surface area contributed by atoms with Crippen LogP contribution in [0.4, 0.5) is 5.95 Å². The summed E-state index contributed by atoms with van der Waals surface area (Å²) in [4.78, 5) is 18.7. The van der Waals surface area contributed by atoms with Crippen molar-refractivity contribution in [2.24, 2.45) is 0 Å². The standard InChI is InChI=1S/C8H11N3O3S/c1-15(13,14)6-3-7(12)11-8-9-4-2-5-10-8/h2,4-5H,3,6H2,1H3,(H,9,10,11,12). The number of hydrogen-bond donors (Lipinski definition) is 1. The molecule has 0 atom stereocenters. The van der Waals surface area contributed by atoms with E-state index in [1.807, 2.05) is 0 Å². The van der Waals surface area contributed by atoms with Crippen LogP contribution in [-0.4, -0.2) is 36.3 Å². The van der Waals surface area contributed by atoms with E-state index in [0.29, 0.717) is 0 Å². The Morgan fingerprint density at radius 2 is 2.00 bits per heavy atom. The van der Waals surface area contributed by atoms with Crippen LogP contribution in [0, 0.1) is 0 Å². The zero-order chi connectivity index (χ0) is 11.3. The predicted molar refractivity (Wildman–Crippen MR) is 55.0 cm³/mol. The predicted octanol–water partition coefficient (Wildman–Crippen LogP) is -0.150. The Kier molecular flexibility index (Phi) is 3.73. The molecule has 15 heavy (non-hydrogen) atoms. The van der Waals surface area contributed by atoms with E-state index in [9.17, 15) is 13.2 Å². The van der Waals surface area contributed by atoms with E-state index in [1.165, 1.54) is 12.4 Å². The summed E-state index contributed by atoms with van der Waals surface area (Å²) in [5, 5.41) is 2.39. The summed E-state index contributed by atoms with van der Waals surface area (Å²) in [6, 6.07) is 1.62. The third-order valence-electron chi connectivity index (χ3n) is 1.52. The van der Waals surface area contributed by atoms with E-state index in [2.05, 4.69) is 15.3 Å². The molecular formula is C8H11N3O3S. The molecular weight excluding hydrogens is 218 g/mol. The summed E-state index contributed by atoms with van der Waals surface area (Å²) in [7, 11) is -3.11. The molecule has 1 rings (SSSR count). The number of amides is 1. The number of carbonyl (C=O) groups excluding carboxylic acids is 1. The highest BCUT2D eigenvalue weighted by atomic mass is 32.2. The smallest absolute Gasteiger partial charge is 0.229 e. The Bertz CT molecular complexity index is 430. The Balaban J connectivity index is 2.44. The molecule has 0 saturated heterocycles. The van der Waals surface area contributed by atoms with E-state index in [-0.39, 0.29) is 18.1 Å². The largest absolute Gasteiger partial charge is 0.295 e. The quantitative estimate of drug-likeness (QED) is 0.775. The number of nitrogens with zero attached hydrogens (tertiary/aromatic N) is 2. The average molecular weight is 229 g/mol. The lowest BCUT2D eigenvalue weighted by Crippen LogP contribution is -2.17. The number of sulfone groups is 1. The van der Waals surface area contributed by atoms with Crippen LogP contribution < -0.4 is 5.32 Å². The van der Waals surface area contributed by atoms with Crippen LogP contribution in [0.15, 0.2) is 18.5 Å². The fraction of sp³-hybridized carbons (Fsp3) is 0.375. The summed E-state index contributed by atoms with van der Waals surface area (Å²) in [6.45, 7) is 0. The van der Waals surface area contributed by atoms with Crippen LogP contribution in [0.1, 0.15) is 6.42 Å². The van der Waals surface area contributed by atoms with E-state index in [1.54, 1.807) is 6.07 Å². The van der Waals surface area contributed by atoms with Gasteiger partial charge in [0.1, 0.15) is 9.84 Å². The van der Waals surface area contributed by atoms with E-state index in [0.717, 1.165) is 6.26 Å². The van der Waals surface area contributed by atoms with Crippen LogP contribution in [0.3, 0.4) is 0 Å². The first-order valence-corrected chi connectivity index (χ1v) is 6.28. The molecule has 0 aliphatic rings. The molecule has 0 unspecified atom stereocenters. The molecule has 0 spiro atoms. The van der Waals surface area contributed by atoms with Gasteiger partial charge in [-0.2, -0.15) is 0 Å². The van der Waals surface area contributed by atoms with Gasteiger partial charge in [-0.15, -0.1) is 0 Å². The Labute approximate surface area is 87.7 Å². The second-order valence-electron chi connectivity index (χ2n) is 3.00. The van der Waals surface area contributed by atoms with Crippen LogP contribution in [-0.2, 0) is 14.6 Å². The number of carbonyl (C=O) groups is 1. The van der Waals surface area contributed by atoms with Gasteiger partial charge < -0.3 is 0 Å². The second kappa shape index (κ2) is 4.83. The maximum absolute atomic E-state index is 11.2. The average Bonchev–Trinajstić information content (AvgIpc) is 2.15. The summed E-state index contributed by atoms with van der Waals surface area (Å²) < 4.78 is 21.6. The summed E-state index contributed by atoms with van der Waals surface area (Å²) in [5.74, 6) is -0.409. The molecule has 0 aliphatic heterocycles. The lowest BCUT2D eigenvalue weighted by atomic mass is 10.4. The summed E-state index contributed by atoms with van der Waals surface area (Å²) in [6.07, 6.45) is 3.97. The lowest BCUT2D eigenvalue weighted by molar-refractivity contribution is -0.115. The van der Waals surface area contributed by atoms with E-state index in [4.69, 9.17) is 0 Å². The topological polar surface area (TPSA) is 89.0 Å². The monoisotopic (exact) mass is 229 g/mol. The summed E-state index contributed by atoms with van der Waals surface area (Å²) in [5.41, 5.74) is 0. The van der Waals surface area contributed by atoms with Crippen molar-refractivity contribution in [3.63, 3.8) is 0 Å². The van der Waals surface area contributed by atoms with Gasteiger partial charge in [-0.3, -0.25) is 10.1 Å². The molecule has 1 aromatic heterocycles. The zero-order valence-electron chi connectivity index (χ0n) is 8.17. The molecule has 0 saturated carbocycles. The van der Waals surface area contributed by atoms with Crippen LogP contribution in [0.5, 0.6) is 0 Å². The number of nitrogens with one attached hydrogen (secondary N) is 1. The highest BCUT2D eigenvalue weighted by Crippen LogP contribution is 1.96. The molecule has 1 N–H and O–H groups in total. The molecule has 7 heteroatoms. The van der Waals surface area contributed by atoms with Crippen molar-refractivity contribution in [3.05, 3.63) is 18.5 Å². The number of hydrogen-bond acceptors (Lipinski definition) is 5. The minimum Gasteiger partial charge on any atom is -0.295 e. The van der Waals surface area contributed by atoms with Crippen molar-refractivity contribution in [1.82, 2.24) is 9.97 Å². The maximum atomic E-state index is 11.2. The molecule has 1 heterocycles. The van der Waals surface area contributed by atoms with Crippen molar-refractivity contribution in [2.45, 2.75) is 6.42 Å². The summed E-state index contributed by atoms with van der Waals surface area (Å²) >= 11 is 0. The molecule has 82 valence electrons. The van der Waals surface area contributed by atoms with E-state index >= 15 is 0 Å². The minimum atomic E-state index is -3.11. The zero-order valence-corrected chi connectivity index (χ0v) is 8.99. The Hall–Kier alpha value is -1.50. The van der Waals surface area contributed by atoms with Gasteiger partial charge in [0, 0.05) is 25.1 Å². The van der Waals surface area contributed by atoms with Crippen LogP contribution in [0.25, 0.3) is 0 Å². The third kappa shape index (κ3) is 5.06. The van der Waals surface area contributed by atoms with Crippen molar-refractivity contribution >= 4 is 21.7 Å². The maximum Gasteiger partial charge on any atom is 0.229 e. The molecule has 1 aromatic rings. The van der Waals surface area contributed by atoms with Gasteiger partial charge in [-0.1, -0.05) is 0 Å². The first kappa shape index (κ1) is 11.6. The molecule has 1 amide bonds. The fourth-order valence-electron chi connectivity index (χ4n) is 0.829. The number of rotatable bonds is 4. The molecule has 0 bridgehead atoms. The number of anilines is 1. The fourth-order valence-corrected chi connectivity index (χ4v) is 1.39. The van der Waals surface area contributed by atoms with Gasteiger partial charge in [0.15, 0.2) is 0 Å². The van der Waals surface area contributed by atoms with Crippen molar-refractivity contribution < 1.29 is 13.2 Å². The second-order valence-corrected chi connectivity index (χ2v) is 5.26. The first-order chi connectivity index (χ1) is 6.97. The minimum absolute atomic E-state index is 0.0862. The van der Waals surface area contributed by atoms with Crippen molar-refractivity contribution in [3.8, 4) is 0 Å². The van der Waals surface area contributed by atoms with Gasteiger partial charge >= 0.3 is 0 Å². The van der Waals surface area contributed by atoms with Crippen molar-refractivity contribution in [1.29, 1.82) is 0 Å². The Morgan fingerprint density at radius 1 is 1.40 bits per heavy atom. The highest BCUT2D eigenvalue weighted by Gasteiger charge is 2.08. The Morgan fingerprint density at radius 3 is 2.53 bits per heavy atom. The van der Waals surface area contributed by atoms with Gasteiger partial charge in [-0.25, -0.2) is 18.4 Å². The van der Waals surface area contributed by atoms with Gasteiger partial charge in [0.25, 0.3) is 0 Å². The van der Waals surface area contributed by atoms with Crippen LogP contribution >= 0.6 is 0 Å². The first-order valence-electron chi connectivity index (χ1n) is 4.22. The molecule has 0 aliphatic carbocycles. The van der Waals surface area contributed by atoms with E-state index < -0.39 is 15.7 Å². The molecule has 6 nitrogen and oxygen atoms in total.